The Morgan fingerprint density at radius 2 is 1.96 bits per heavy atom. The molecule has 3 rings (SSSR count). The number of nitrogens with one attached hydrogen (secondary N) is 1. The monoisotopic (exact) mass is 457 g/mol. The molecule has 2 heterocycles. The lowest BCUT2D eigenvalue weighted by atomic mass is 10.1. The van der Waals surface area contributed by atoms with E-state index in [-0.39, 0.29) is 17.7 Å². The number of aromatic nitrogens is 4. The van der Waals surface area contributed by atoms with Crippen LogP contribution in [-0.2, 0) is 11.3 Å². The van der Waals surface area contributed by atoms with E-state index in [0.717, 1.165) is 21.4 Å². The van der Waals surface area contributed by atoms with Crippen LogP contribution >= 0.6 is 27.7 Å². The van der Waals surface area contributed by atoms with Crippen LogP contribution in [0.5, 0.6) is 0 Å². The first kappa shape index (κ1) is 20.3. The first-order valence-corrected chi connectivity index (χ1v) is 10.5. The van der Waals surface area contributed by atoms with E-state index in [1.807, 2.05) is 47.9 Å². The molecule has 6 nitrogen and oxygen atoms in total. The Morgan fingerprint density at radius 3 is 2.64 bits per heavy atom. The number of hydrogen-bond acceptors (Lipinski definition) is 5. The molecule has 0 radical (unpaired) electrons. The Kier molecular flexibility index (Phi) is 7.00. The first-order chi connectivity index (χ1) is 13.6. The third-order valence-corrected chi connectivity index (χ3v) is 5.54. The summed E-state index contributed by atoms with van der Waals surface area (Å²) in [6, 6.07) is 11.6. The highest BCUT2D eigenvalue weighted by Crippen LogP contribution is 2.24. The second kappa shape index (κ2) is 9.66. The van der Waals surface area contributed by atoms with Gasteiger partial charge in [0.25, 0.3) is 0 Å². The number of carbonyl (C=O) groups is 1. The fourth-order valence-electron chi connectivity index (χ4n) is 2.65. The lowest BCUT2D eigenvalue weighted by Crippen LogP contribution is -2.28. The van der Waals surface area contributed by atoms with E-state index in [2.05, 4.69) is 43.0 Å². The fourth-order valence-corrected chi connectivity index (χ4v) is 3.67. The number of hydrogen-bond donors (Lipinski definition) is 1. The Labute approximate surface area is 176 Å². The van der Waals surface area contributed by atoms with Crippen molar-refractivity contribution >= 4 is 33.6 Å². The van der Waals surface area contributed by atoms with E-state index in [0.29, 0.717) is 11.7 Å². The van der Waals surface area contributed by atoms with Gasteiger partial charge in [-0.25, -0.2) is 0 Å². The van der Waals surface area contributed by atoms with Crippen molar-refractivity contribution in [3.05, 3.63) is 71.5 Å². The number of amides is 1. The minimum absolute atomic E-state index is 0.0565. The normalized spacial score (nSPS) is 11.8. The Balaban J connectivity index is 1.65. The average Bonchev–Trinajstić information content (AvgIpc) is 3.10. The maximum absolute atomic E-state index is 12.4. The number of pyridine rings is 1. The number of halogens is 1. The van der Waals surface area contributed by atoms with E-state index in [9.17, 15) is 4.79 Å². The molecule has 0 aliphatic heterocycles. The second-order valence-electron chi connectivity index (χ2n) is 6.07. The summed E-state index contributed by atoms with van der Waals surface area (Å²) in [4.78, 5) is 16.4. The molecular formula is C20H20BrN5OS. The van der Waals surface area contributed by atoms with Crippen LogP contribution in [0.2, 0.25) is 0 Å². The molecule has 1 atom stereocenters. The molecule has 0 aliphatic rings. The van der Waals surface area contributed by atoms with Gasteiger partial charge in [0, 0.05) is 29.0 Å². The molecule has 1 aromatic carbocycles. The molecule has 2 aromatic heterocycles. The lowest BCUT2D eigenvalue weighted by molar-refractivity contribution is -0.119. The zero-order valence-corrected chi connectivity index (χ0v) is 17.8. The van der Waals surface area contributed by atoms with E-state index in [1.165, 1.54) is 11.8 Å². The number of benzene rings is 1. The molecule has 0 spiro atoms. The maximum atomic E-state index is 12.4. The average molecular weight is 458 g/mol. The van der Waals surface area contributed by atoms with Gasteiger partial charge >= 0.3 is 0 Å². The summed E-state index contributed by atoms with van der Waals surface area (Å²) in [7, 11) is 0. The fraction of sp³-hybridized carbons (Fsp3) is 0.200. The van der Waals surface area contributed by atoms with E-state index >= 15 is 0 Å². The number of allylic oxidation sites excluding steroid dienone is 1. The van der Waals surface area contributed by atoms with Gasteiger partial charge < -0.3 is 5.32 Å². The van der Waals surface area contributed by atoms with Crippen molar-refractivity contribution in [3.8, 4) is 11.4 Å². The van der Waals surface area contributed by atoms with E-state index < -0.39 is 0 Å². The minimum atomic E-state index is -0.0698. The molecule has 1 amide bonds. The maximum Gasteiger partial charge on any atom is 0.230 e. The van der Waals surface area contributed by atoms with Crippen LogP contribution in [0.3, 0.4) is 0 Å². The predicted octanol–water partition coefficient (Wildman–Crippen LogP) is 4.26. The van der Waals surface area contributed by atoms with Gasteiger partial charge in [0.1, 0.15) is 0 Å². The van der Waals surface area contributed by atoms with Gasteiger partial charge in [-0.05, 0) is 36.8 Å². The van der Waals surface area contributed by atoms with Crippen molar-refractivity contribution in [2.24, 2.45) is 0 Å². The van der Waals surface area contributed by atoms with Gasteiger partial charge in [-0.3, -0.25) is 14.3 Å². The summed E-state index contributed by atoms with van der Waals surface area (Å²) in [6.07, 6.45) is 5.21. The molecule has 0 saturated heterocycles. The van der Waals surface area contributed by atoms with Crippen LogP contribution < -0.4 is 5.32 Å². The highest BCUT2D eigenvalue weighted by atomic mass is 79.9. The minimum Gasteiger partial charge on any atom is -0.349 e. The number of nitrogens with zero attached hydrogens (tertiary/aromatic N) is 4. The van der Waals surface area contributed by atoms with Crippen LogP contribution in [0.15, 0.2) is 71.1 Å². The van der Waals surface area contributed by atoms with Crippen LogP contribution in [-0.4, -0.2) is 31.4 Å². The molecular weight excluding hydrogens is 438 g/mol. The second-order valence-corrected chi connectivity index (χ2v) is 7.93. The lowest BCUT2D eigenvalue weighted by Gasteiger charge is -2.14. The quantitative estimate of drug-likeness (QED) is 0.404. The zero-order valence-electron chi connectivity index (χ0n) is 15.4. The molecule has 0 saturated carbocycles. The molecule has 8 heteroatoms. The number of carbonyl (C=O) groups excluding carboxylic acids is 1. The summed E-state index contributed by atoms with van der Waals surface area (Å²) in [5, 5.41) is 12.2. The summed E-state index contributed by atoms with van der Waals surface area (Å²) >= 11 is 4.77. The molecule has 3 aromatic rings. The zero-order chi connectivity index (χ0) is 19.9. The Morgan fingerprint density at radius 1 is 1.25 bits per heavy atom. The Bertz CT molecular complexity index is 943. The summed E-state index contributed by atoms with van der Waals surface area (Å²) < 4.78 is 2.95. The first-order valence-electron chi connectivity index (χ1n) is 8.70. The van der Waals surface area contributed by atoms with Crippen LogP contribution in [0, 0.1) is 0 Å². The largest absolute Gasteiger partial charge is 0.349 e. The smallest absolute Gasteiger partial charge is 0.230 e. The molecule has 28 heavy (non-hydrogen) atoms. The topological polar surface area (TPSA) is 72.7 Å². The number of rotatable bonds is 8. The summed E-state index contributed by atoms with van der Waals surface area (Å²) in [5.41, 5.74) is 1.97. The standard InChI is InChI=1S/C20H20BrN5OS/c1-3-12-26-19(16-8-10-22-11-9-16)24-25-20(26)28-13-18(27)23-14(2)15-4-6-17(21)7-5-15/h3-11,14H,1,12-13H2,2H3,(H,23,27). The molecule has 0 bridgehead atoms. The molecule has 1 N–H and O–H groups in total. The van der Waals surface area contributed by atoms with Crippen LogP contribution in [0.25, 0.3) is 11.4 Å². The summed E-state index contributed by atoms with van der Waals surface area (Å²) in [6.45, 7) is 6.33. The van der Waals surface area contributed by atoms with Crippen molar-refractivity contribution in [1.82, 2.24) is 25.1 Å². The van der Waals surface area contributed by atoms with Crippen LogP contribution in [0.1, 0.15) is 18.5 Å². The van der Waals surface area contributed by atoms with Gasteiger partial charge in [-0.1, -0.05) is 45.9 Å². The molecule has 0 fully saturated rings. The molecule has 1 unspecified atom stereocenters. The van der Waals surface area contributed by atoms with Crippen molar-refractivity contribution in [1.29, 1.82) is 0 Å². The summed E-state index contributed by atoms with van der Waals surface area (Å²) in [5.74, 6) is 0.930. The van der Waals surface area contributed by atoms with Crippen molar-refractivity contribution in [2.75, 3.05) is 5.75 Å². The van der Waals surface area contributed by atoms with Crippen LogP contribution in [0.4, 0.5) is 0 Å². The molecule has 144 valence electrons. The third-order valence-electron chi connectivity index (χ3n) is 4.05. The van der Waals surface area contributed by atoms with Gasteiger partial charge in [0.15, 0.2) is 11.0 Å². The highest BCUT2D eigenvalue weighted by molar-refractivity contribution is 9.10. The van der Waals surface area contributed by atoms with Crippen molar-refractivity contribution < 1.29 is 4.79 Å². The van der Waals surface area contributed by atoms with Gasteiger partial charge in [-0.15, -0.1) is 16.8 Å². The van der Waals surface area contributed by atoms with E-state index in [4.69, 9.17) is 0 Å². The van der Waals surface area contributed by atoms with Gasteiger partial charge in [0.05, 0.1) is 11.8 Å². The predicted molar refractivity (Wildman–Crippen MR) is 115 cm³/mol. The molecule has 0 aliphatic carbocycles. The Hall–Kier alpha value is -2.45. The van der Waals surface area contributed by atoms with Crippen molar-refractivity contribution in [3.63, 3.8) is 0 Å². The highest BCUT2D eigenvalue weighted by Gasteiger charge is 2.16. The SMILES string of the molecule is C=CCn1c(SCC(=O)NC(C)c2ccc(Br)cc2)nnc1-c1ccncc1. The van der Waals surface area contributed by atoms with Gasteiger partial charge in [-0.2, -0.15) is 0 Å². The van der Waals surface area contributed by atoms with E-state index in [1.54, 1.807) is 18.5 Å². The third kappa shape index (κ3) is 5.08. The number of thioether (sulfide) groups is 1. The van der Waals surface area contributed by atoms with Crippen molar-refractivity contribution in [2.45, 2.75) is 24.7 Å². The van der Waals surface area contributed by atoms with Gasteiger partial charge in [0.2, 0.25) is 5.91 Å².